The van der Waals surface area contributed by atoms with E-state index in [0.29, 0.717) is 6.08 Å². The summed E-state index contributed by atoms with van der Waals surface area (Å²) in [5.41, 5.74) is -2.18. The third kappa shape index (κ3) is 2.87. The average molecular weight is 499 g/mol. The first-order valence-corrected chi connectivity index (χ1v) is 9.56. The first kappa shape index (κ1) is 18.8. The molecule has 0 bridgehead atoms. The van der Waals surface area contributed by atoms with Crippen LogP contribution in [0.1, 0.15) is 29.7 Å². The van der Waals surface area contributed by atoms with Gasteiger partial charge in [0.2, 0.25) is 0 Å². The highest BCUT2D eigenvalue weighted by Crippen LogP contribution is 2.52. The monoisotopic (exact) mass is 499 g/mol. The lowest BCUT2D eigenvalue weighted by atomic mass is 9.75. The normalized spacial score (nSPS) is 26.3. The van der Waals surface area contributed by atoms with Crippen LogP contribution in [0.5, 0.6) is 0 Å². The smallest absolute Gasteiger partial charge is 0.327 e. The van der Waals surface area contributed by atoms with Crippen LogP contribution in [0.4, 0.5) is 26.3 Å². The number of amidine groups is 1. The molecular formula is C17H12F6IN3. The second-order valence-corrected chi connectivity index (χ2v) is 7.45. The third-order valence-electron chi connectivity index (χ3n) is 5.02. The number of alkyl halides is 6. The number of pyridine rings is 1. The Morgan fingerprint density at radius 3 is 2.63 bits per heavy atom. The average Bonchev–Trinajstić information content (AvgIpc) is 2.98. The zero-order chi connectivity index (χ0) is 19.6. The molecule has 0 aromatic carbocycles. The quantitative estimate of drug-likeness (QED) is 0.305. The number of fused-ring (bicyclic) bond motifs is 3. The van der Waals surface area contributed by atoms with E-state index in [1.165, 1.54) is 12.3 Å². The van der Waals surface area contributed by atoms with Crippen LogP contribution in [0.15, 0.2) is 40.9 Å². The van der Waals surface area contributed by atoms with Crippen LogP contribution >= 0.6 is 22.6 Å². The summed E-state index contributed by atoms with van der Waals surface area (Å²) in [4.78, 5) is 9.38. The zero-order valence-corrected chi connectivity index (χ0v) is 15.8. The van der Waals surface area contributed by atoms with E-state index in [1.807, 2.05) is 22.6 Å². The lowest BCUT2D eigenvalue weighted by Crippen LogP contribution is -2.40. The largest absolute Gasteiger partial charge is 0.417 e. The predicted molar refractivity (Wildman–Crippen MR) is 94.2 cm³/mol. The summed E-state index contributed by atoms with van der Waals surface area (Å²) in [5.74, 6) is -4.49. The summed E-state index contributed by atoms with van der Waals surface area (Å²) < 4.78 is 82.7. The van der Waals surface area contributed by atoms with Gasteiger partial charge in [-0.2, -0.15) is 13.2 Å². The lowest BCUT2D eigenvalue weighted by molar-refractivity contribution is -0.0893. The fourth-order valence-electron chi connectivity index (χ4n) is 3.82. The van der Waals surface area contributed by atoms with Gasteiger partial charge in [0.15, 0.2) is 11.7 Å². The first-order valence-electron chi connectivity index (χ1n) is 8.03. The van der Waals surface area contributed by atoms with Gasteiger partial charge in [-0.3, -0.25) is 9.98 Å². The van der Waals surface area contributed by atoms with Gasteiger partial charge in [-0.05, 0) is 24.1 Å². The number of hydrogen-bond acceptors (Lipinski definition) is 3. The number of halogens is 7. The van der Waals surface area contributed by atoms with Gasteiger partial charge in [-0.15, -0.1) is 0 Å². The molecule has 1 aromatic rings. The van der Waals surface area contributed by atoms with Crippen molar-refractivity contribution in [2.24, 2.45) is 4.99 Å². The molecule has 10 heteroatoms. The standard InChI is InChI=1S/C17H12F6IN3/c18-11-5-9(17(21,22)23)7-27-8-15(26-14(11)27)2-3-16(19,20)13-10(15)1-4-25-12(13)6-24/h1,4-5,7H,2-3,6,8H2/t15-/m1/s1. The van der Waals surface area contributed by atoms with Crippen LogP contribution in [-0.4, -0.2) is 28.4 Å². The minimum absolute atomic E-state index is 0.0971. The van der Waals surface area contributed by atoms with Crippen LogP contribution < -0.4 is 0 Å². The lowest BCUT2D eigenvalue weighted by Gasteiger charge is -2.38. The molecule has 0 fully saturated rings. The zero-order valence-electron chi connectivity index (χ0n) is 13.6. The molecule has 3 nitrogen and oxygen atoms in total. The molecule has 0 N–H and O–H groups in total. The van der Waals surface area contributed by atoms with Crippen molar-refractivity contribution < 1.29 is 26.3 Å². The van der Waals surface area contributed by atoms with Crippen molar-refractivity contribution in [3.63, 3.8) is 0 Å². The van der Waals surface area contributed by atoms with Crippen molar-refractivity contribution in [1.29, 1.82) is 0 Å². The summed E-state index contributed by atoms with van der Waals surface area (Å²) in [5, 5.41) is 0. The summed E-state index contributed by atoms with van der Waals surface area (Å²) in [6.07, 6.45) is -2.79. The van der Waals surface area contributed by atoms with E-state index in [2.05, 4.69) is 9.98 Å². The van der Waals surface area contributed by atoms with Crippen molar-refractivity contribution in [2.75, 3.05) is 6.54 Å². The van der Waals surface area contributed by atoms with Gasteiger partial charge < -0.3 is 4.90 Å². The van der Waals surface area contributed by atoms with Crippen LogP contribution in [0.3, 0.4) is 0 Å². The molecule has 1 aliphatic carbocycles. The Morgan fingerprint density at radius 1 is 1.22 bits per heavy atom. The van der Waals surface area contributed by atoms with E-state index < -0.39 is 35.5 Å². The molecule has 4 rings (SSSR count). The maximum Gasteiger partial charge on any atom is 0.417 e. The third-order valence-corrected chi connectivity index (χ3v) is 5.74. The van der Waals surface area contributed by atoms with Crippen molar-refractivity contribution in [2.45, 2.75) is 34.9 Å². The fourth-order valence-corrected chi connectivity index (χ4v) is 4.40. The number of allylic oxidation sites excluding steroid dienone is 2. The number of aliphatic imine (C=N–C) groups is 1. The van der Waals surface area contributed by atoms with Gasteiger partial charge in [0.25, 0.3) is 5.92 Å². The van der Waals surface area contributed by atoms with Gasteiger partial charge in [-0.25, -0.2) is 13.2 Å². The van der Waals surface area contributed by atoms with Crippen LogP contribution in [0.2, 0.25) is 0 Å². The van der Waals surface area contributed by atoms with Crippen LogP contribution in [0, 0.1) is 0 Å². The van der Waals surface area contributed by atoms with E-state index in [-0.39, 0.29) is 40.0 Å². The molecule has 0 amide bonds. The van der Waals surface area contributed by atoms with E-state index in [0.717, 1.165) is 11.1 Å². The second kappa shape index (κ2) is 5.95. The molecule has 0 saturated heterocycles. The second-order valence-electron chi connectivity index (χ2n) is 6.69. The van der Waals surface area contributed by atoms with Crippen molar-refractivity contribution >= 4 is 28.4 Å². The Balaban J connectivity index is 1.85. The Morgan fingerprint density at radius 2 is 1.96 bits per heavy atom. The highest BCUT2D eigenvalue weighted by atomic mass is 127. The highest BCUT2D eigenvalue weighted by molar-refractivity contribution is 14.1. The van der Waals surface area contributed by atoms with Crippen molar-refractivity contribution in [3.05, 3.63) is 52.8 Å². The maximum absolute atomic E-state index is 14.6. The van der Waals surface area contributed by atoms with Gasteiger partial charge in [0, 0.05) is 28.8 Å². The van der Waals surface area contributed by atoms with Crippen LogP contribution in [0.25, 0.3) is 0 Å². The van der Waals surface area contributed by atoms with Gasteiger partial charge in [0.05, 0.1) is 17.8 Å². The molecule has 1 atom stereocenters. The highest BCUT2D eigenvalue weighted by Gasteiger charge is 2.53. The Bertz CT molecular complexity index is 904. The maximum atomic E-state index is 14.6. The molecule has 3 heterocycles. The Labute approximate surface area is 164 Å². The molecule has 1 aromatic heterocycles. The summed E-state index contributed by atoms with van der Waals surface area (Å²) in [6.45, 7) is -0.128. The molecule has 27 heavy (non-hydrogen) atoms. The summed E-state index contributed by atoms with van der Waals surface area (Å²) in [7, 11) is 0. The summed E-state index contributed by atoms with van der Waals surface area (Å²) in [6, 6.07) is 1.41. The Hall–Kier alpha value is -1.59. The van der Waals surface area contributed by atoms with E-state index in [1.54, 1.807) is 0 Å². The predicted octanol–water partition coefficient (Wildman–Crippen LogP) is 5.12. The molecule has 144 valence electrons. The Kier molecular flexibility index (Phi) is 4.13. The van der Waals surface area contributed by atoms with E-state index in [4.69, 9.17) is 0 Å². The fraction of sp³-hybridized carbons (Fsp3) is 0.412. The molecule has 2 aliphatic heterocycles. The topological polar surface area (TPSA) is 28.5 Å². The minimum atomic E-state index is -4.71. The molecule has 0 unspecified atom stereocenters. The van der Waals surface area contributed by atoms with Gasteiger partial charge >= 0.3 is 6.18 Å². The van der Waals surface area contributed by atoms with E-state index in [9.17, 15) is 26.3 Å². The molecule has 3 aliphatic rings. The van der Waals surface area contributed by atoms with Crippen LogP contribution in [-0.2, 0) is 15.9 Å². The molecular weight excluding hydrogens is 487 g/mol. The summed E-state index contributed by atoms with van der Waals surface area (Å²) >= 11 is 1.93. The molecule has 0 saturated carbocycles. The van der Waals surface area contributed by atoms with E-state index >= 15 is 0 Å². The number of rotatable bonds is 1. The van der Waals surface area contributed by atoms with Gasteiger partial charge in [0.1, 0.15) is 5.54 Å². The number of hydrogen-bond donors (Lipinski definition) is 0. The SMILES string of the molecule is FC1=CC(C(F)(F)F)=CN2C[C@@]3(CCC(F)(F)c4c3ccnc4CI)N=C12. The van der Waals surface area contributed by atoms with Gasteiger partial charge in [-0.1, -0.05) is 22.6 Å². The minimum Gasteiger partial charge on any atom is -0.327 e. The molecule has 1 spiro atoms. The molecule has 0 radical (unpaired) electrons. The first-order chi connectivity index (χ1) is 12.6. The van der Waals surface area contributed by atoms with Crippen molar-refractivity contribution in [1.82, 2.24) is 9.88 Å². The number of aromatic nitrogens is 1. The number of nitrogens with zero attached hydrogens (tertiary/aromatic N) is 3. The van der Waals surface area contributed by atoms with Crippen molar-refractivity contribution in [3.8, 4) is 0 Å².